The van der Waals surface area contributed by atoms with Crippen molar-refractivity contribution in [3.05, 3.63) is 71.5 Å². The second kappa shape index (κ2) is 10.3. The van der Waals surface area contributed by atoms with Crippen LogP contribution in [0.3, 0.4) is 0 Å². The zero-order valence-electron chi connectivity index (χ0n) is 17.6. The number of carbonyl (C=O) groups excluding carboxylic acids is 2. The highest BCUT2D eigenvalue weighted by Gasteiger charge is 2.23. The average molecular weight is 487 g/mol. The van der Waals surface area contributed by atoms with Crippen LogP contribution in [0.4, 0.5) is 17.3 Å². The number of amides is 1. The molecule has 12 heteroatoms. The number of nitrogens with one attached hydrogen (secondary N) is 2. The molecule has 3 rings (SSSR count). The molecule has 0 fully saturated rings. The molecule has 33 heavy (non-hydrogen) atoms. The summed E-state index contributed by atoms with van der Waals surface area (Å²) in [5.41, 5.74) is 1.32. The first-order valence-corrected chi connectivity index (χ1v) is 11.4. The van der Waals surface area contributed by atoms with Crippen molar-refractivity contribution in [3.8, 4) is 0 Å². The van der Waals surface area contributed by atoms with E-state index in [1.807, 2.05) is 0 Å². The lowest BCUT2D eigenvalue weighted by molar-refractivity contribution is -0.126. The summed E-state index contributed by atoms with van der Waals surface area (Å²) in [6, 6.07) is 12.0. The quantitative estimate of drug-likeness (QED) is 0.365. The number of hydrogen-bond donors (Lipinski definition) is 2. The van der Waals surface area contributed by atoms with Crippen molar-refractivity contribution in [2.24, 2.45) is 10.2 Å². The van der Waals surface area contributed by atoms with Gasteiger partial charge < -0.3 is 5.32 Å². The van der Waals surface area contributed by atoms with Crippen LogP contribution >= 0.6 is 11.6 Å². The number of ketones is 1. The largest absolute Gasteiger partial charge is 0.324 e. The first-order chi connectivity index (χ1) is 15.6. The van der Waals surface area contributed by atoms with E-state index in [-0.39, 0.29) is 16.5 Å². The summed E-state index contributed by atoms with van der Waals surface area (Å²) in [7, 11) is -3.92. The highest BCUT2D eigenvalue weighted by molar-refractivity contribution is 7.92. The zero-order valence-corrected chi connectivity index (χ0v) is 19.1. The van der Waals surface area contributed by atoms with Gasteiger partial charge in [-0.15, -0.1) is 0 Å². The van der Waals surface area contributed by atoms with Gasteiger partial charge in [0, 0.05) is 22.6 Å². The maximum absolute atomic E-state index is 12.5. The third-order valence-electron chi connectivity index (χ3n) is 4.20. The molecule has 10 nitrogen and oxygen atoms in total. The molecule has 1 aromatic heterocycles. The van der Waals surface area contributed by atoms with Gasteiger partial charge >= 0.3 is 0 Å². The van der Waals surface area contributed by atoms with Gasteiger partial charge in [-0.3, -0.25) is 9.59 Å². The number of benzene rings is 2. The Kier molecular flexibility index (Phi) is 7.46. The predicted molar refractivity (Wildman–Crippen MR) is 123 cm³/mol. The number of sulfonamides is 1. The molecule has 0 unspecified atom stereocenters. The molecule has 1 atom stereocenters. The van der Waals surface area contributed by atoms with Crippen LogP contribution in [0.5, 0.6) is 0 Å². The normalized spacial score (nSPS) is 12.3. The average Bonchev–Trinajstić information content (AvgIpc) is 2.75. The molecule has 0 saturated heterocycles. The number of halogens is 1. The molecule has 2 N–H and O–H groups in total. The smallest absolute Gasteiger partial charge is 0.264 e. The second-order valence-corrected chi connectivity index (χ2v) is 8.96. The van der Waals surface area contributed by atoms with Crippen LogP contribution in [0.25, 0.3) is 0 Å². The lowest BCUT2D eigenvalue weighted by Gasteiger charge is -2.09. The predicted octanol–water partition coefficient (Wildman–Crippen LogP) is 3.92. The maximum Gasteiger partial charge on any atom is 0.264 e. The summed E-state index contributed by atoms with van der Waals surface area (Å²) < 4.78 is 27.3. The first kappa shape index (κ1) is 24.0. The van der Waals surface area contributed by atoms with Crippen molar-refractivity contribution in [1.82, 2.24) is 9.97 Å². The van der Waals surface area contributed by atoms with E-state index < -0.39 is 27.8 Å². The van der Waals surface area contributed by atoms with Crippen LogP contribution in [0, 0.1) is 6.92 Å². The minimum atomic E-state index is -3.92. The van der Waals surface area contributed by atoms with E-state index in [2.05, 4.69) is 30.2 Å². The number of aromatic nitrogens is 2. The number of Topliss-reactive ketones (excluding diaryl/α,β-unsaturated/α-hetero) is 1. The number of nitrogens with zero attached hydrogens (tertiary/aromatic N) is 4. The van der Waals surface area contributed by atoms with Gasteiger partial charge in [0.05, 0.1) is 10.6 Å². The van der Waals surface area contributed by atoms with Gasteiger partial charge in [0.25, 0.3) is 15.9 Å². The molecule has 170 valence electrons. The van der Waals surface area contributed by atoms with Gasteiger partial charge in [-0.25, -0.2) is 23.1 Å². The van der Waals surface area contributed by atoms with Gasteiger partial charge in [-0.05, 0) is 68.4 Å². The Morgan fingerprint density at radius 2 is 1.70 bits per heavy atom. The minimum Gasteiger partial charge on any atom is -0.324 e. The minimum absolute atomic E-state index is 0.0462. The van der Waals surface area contributed by atoms with Crippen LogP contribution in [-0.2, 0) is 19.6 Å². The van der Waals surface area contributed by atoms with Gasteiger partial charge in [-0.2, -0.15) is 10.2 Å². The fourth-order valence-electron chi connectivity index (χ4n) is 2.56. The third-order valence-corrected chi connectivity index (χ3v) is 5.80. The number of azo groups is 1. The summed E-state index contributed by atoms with van der Waals surface area (Å²) in [5, 5.41) is 10.8. The van der Waals surface area contributed by atoms with E-state index in [0.717, 1.165) is 0 Å². The third kappa shape index (κ3) is 6.64. The number of rotatable bonds is 8. The summed E-state index contributed by atoms with van der Waals surface area (Å²) >= 11 is 5.82. The summed E-state index contributed by atoms with van der Waals surface area (Å²) in [5.74, 6) is -1.21. The van der Waals surface area contributed by atoms with E-state index >= 15 is 0 Å². The molecule has 1 amide bonds. The van der Waals surface area contributed by atoms with Crippen molar-refractivity contribution in [2.75, 3.05) is 10.0 Å². The number of anilines is 2. The van der Waals surface area contributed by atoms with E-state index in [1.165, 1.54) is 37.4 Å². The molecule has 0 saturated carbocycles. The monoisotopic (exact) mass is 486 g/mol. The molecule has 0 bridgehead atoms. The van der Waals surface area contributed by atoms with Crippen LogP contribution in [0.2, 0.25) is 5.02 Å². The molecule has 0 aliphatic rings. The van der Waals surface area contributed by atoms with Crippen molar-refractivity contribution in [3.63, 3.8) is 0 Å². The van der Waals surface area contributed by atoms with Crippen LogP contribution in [0.15, 0.2) is 75.9 Å². The fraction of sp³-hybridized carbons (Fsp3) is 0.143. The van der Waals surface area contributed by atoms with Crippen molar-refractivity contribution >= 4 is 50.6 Å². The van der Waals surface area contributed by atoms with E-state index in [9.17, 15) is 18.0 Å². The Morgan fingerprint density at radius 1 is 1.03 bits per heavy atom. The van der Waals surface area contributed by atoms with E-state index in [0.29, 0.717) is 16.4 Å². The molecule has 1 heterocycles. The highest BCUT2D eigenvalue weighted by atomic mass is 35.5. The Morgan fingerprint density at radius 3 is 2.30 bits per heavy atom. The molecule has 2 aromatic carbocycles. The Hall–Kier alpha value is -3.70. The molecule has 3 aromatic rings. The van der Waals surface area contributed by atoms with Gasteiger partial charge in [0.15, 0.2) is 5.78 Å². The summed E-state index contributed by atoms with van der Waals surface area (Å²) in [6.45, 7) is 2.93. The molecule has 0 radical (unpaired) electrons. The van der Waals surface area contributed by atoms with Crippen LogP contribution < -0.4 is 10.0 Å². The van der Waals surface area contributed by atoms with Crippen molar-refractivity contribution in [1.29, 1.82) is 0 Å². The second-order valence-electron chi connectivity index (χ2n) is 6.85. The van der Waals surface area contributed by atoms with E-state index in [1.54, 1.807) is 37.3 Å². The van der Waals surface area contributed by atoms with E-state index in [4.69, 9.17) is 11.6 Å². The molecular formula is C21H19ClN6O4S. The first-order valence-electron chi connectivity index (χ1n) is 9.54. The Balaban J connectivity index is 1.71. The number of hydrogen-bond acceptors (Lipinski definition) is 8. The zero-order chi connectivity index (χ0) is 24.0. The molecular weight excluding hydrogens is 468 g/mol. The molecule has 0 aliphatic heterocycles. The SMILES string of the molecule is CC(=O)[C@@H](N=Nc1ccc(S(=O)(=O)Nc2nccc(C)n2)cc1)C(=O)Nc1ccc(Cl)cc1. The maximum atomic E-state index is 12.5. The summed E-state index contributed by atoms with van der Waals surface area (Å²) in [6.07, 6.45) is 1.44. The highest BCUT2D eigenvalue weighted by Crippen LogP contribution is 2.20. The topological polar surface area (TPSA) is 143 Å². The number of aryl methyl sites for hydroxylation is 1. The molecule has 0 spiro atoms. The van der Waals surface area contributed by atoms with Crippen LogP contribution in [0.1, 0.15) is 12.6 Å². The Labute approximate surface area is 195 Å². The fourth-order valence-corrected chi connectivity index (χ4v) is 3.63. The Bertz CT molecular complexity index is 1300. The lowest BCUT2D eigenvalue weighted by atomic mass is 10.2. The summed E-state index contributed by atoms with van der Waals surface area (Å²) in [4.78, 5) is 32.2. The number of carbonyl (C=O) groups is 2. The molecule has 0 aliphatic carbocycles. The van der Waals surface area contributed by atoms with Gasteiger partial charge in [0.1, 0.15) is 0 Å². The van der Waals surface area contributed by atoms with Crippen molar-refractivity contribution < 1.29 is 18.0 Å². The van der Waals surface area contributed by atoms with Crippen molar-refractivity contribution in [2.45, 2.75) is 24.8 Å². The van der Waals surface area contributed by atoms with Crippen LogP contribution in [-0.4, -0.2) is 36.1 Å². The van der Waals surface area contributed by atoms with Gasteiger partial charge in [0.2, 0.25) is 12.0 Å². The lowest BCUT2D eigenvalue weighted by Crippen LogP contribution is -2.31. The standard InChI is InChI=1S/C21H19ClN6O4S/c1-13-11-12-23-21(24-13)28-33(31,32)18-9-7-17(8-10-18)26-27-19(14(2)29)20(30)25-16-5-3-15(22)4-6-16/h3-12,19H,1-2H3,(H,25,30)(H,23,24,28)/t19-/m1/s1. The van der Waals surface area contributed by atoms with Gasteiger partial charge in [-0.1, -0.05) is 11.6 Å².